The SMILES string of the molecule is Cc1ccc(-c2nc(NC(=O)C3CC3)cc3nc(C4CCCC4)nn23)o1. The van der Waals surface area contributed by atoms with Crippen molar-refractivity contribution in [3.8, 4) is 11.6 Å². The van der Waals surface area contributed by atoms with Crippen LogP contribution in [0.3, 0.4) is 0 Å². The van der Waals surface area contributed by atoms with Crippen LogP contribution in [0.4, 0.5) is 5.82 Å². The Balaban J connectivity index is 1.60. The number of carbonyl (C=O) groups is 1. The Labute approximate surface area is 150 Å². The number of nitrogens with zero attached hydrogens (tertiary/aromatic N) is 4. The van der Waals surface area contributed by atoms with Gasteiger partial charge >= 0.3 is 0 Å². The average Bonchev–Trinajstić information content (AvgIpc) is 3.00. The van der Waals surface area contributed by atoms with E-state index in [4.69, 9.17) is 14.5 Å². The minimum Gasteiger partial charge on any atom is -0.458 e. The predicted molar refractivity (Wildman–Crippen MR) is 95.8 cm³/mol. The van der Waals surface area contributed by atoms with Crippen LogP contribution in [0.5, 0.6) is 0 Å². The van der Waals surface area contributed by atoms with Crippen LogP contribution in [0.1, 0.15) is 56.0 Å². The monoisotopic (exact) mass is 351 g/mol. The van der Waals surface area contributed by atoms with Crippen molar-refractivity contribution in [2.45, 2.75) is 51.4 Å². The summed E-state index contributed by atoms with van der Waals surface area (Å²) < 4.78 is 7.50. The maximum atomic E-state index is 12.2. The second-order valence-corrected chi connectivity index (χ2v) is 7.36. The predicted octanol–water partition coefficient (Wildman–Crippen LogP) is 3.70. The van der Waals surface area contributed by atoms with Crippen LogP contribution in [0, 0.1) is 12.8 Å². The number of fused-ring (bicyclic) bond motifs is 1. The van der Waals surface area contributed by atoms with Gasteiger partial charge in [-0.2, -0.15) is 4.52 Å². The van der Waals surface area contributed by atoms with Crippen LogP contribution in [-0.4, -0.2) is 25.5 Å². The second kappa shape index (κ2) is 5.93. The maximum Gasteiger partial charge on any atom is 0.228 e. The van der Waals surface area contributed by atoms with Crippen molar-refractivity contribution >= 4 is 17.4 Å². The van der Waals surface area contributed by atoms with E-state index in [9.17, 15) is 4.79 Å². The summed E-state index contributed by atoms with van der Waals surface area (Å²) in [5.41, 5.74) is 0.692. The lowest BCUT2D eigenvalue weighted by molar-refractivity contribution is -0.117. The molecule has 7 nitrogen and oxygen atoms in total. The van der Waals surface area contributed by atoms with Crippen molar-refractivity contribution in [3.63, 3.8) is 0 Å². The molecular formula is C19H21N5O2. The lowest BCUT2D eigenvalue weighted by Crippen LogP contribution is -2.15. The third-order valence-electron chi connectivity index (χ3n) is 5.22. The summed E-state index contributed by atoms with van der Waals surface area (Å²) in [7, 11) is 0. The first kappa shape index (κ1) is 15.5. The molecule has 0 bridgehead atoms. The number of hydrogen-bond donors (Lipinski definition) is 1. The highest BCUT2D eigenvalue weighted by atomic mass is 16.3. The summed E-state index contributed by atoms with van der Waals surface area (Å²) in [4.78, 5) is 21.5. The summed E-state index contributed by atoms with van der Waals surface area (Å²) in [6.07, 6.45) is 6.62. The maximum absolute atomic E-state index is 12.2. The van der Waals surface area contributed by atoms with Crippen molar-refractivity contribution in [1.82, 2.24) is 19.6 Å². The number of nitrogens with one attached hydrogen (secondary N) is 1. The third kappa shape index (κ3) is 2.77. The van der Waals surface area contributed by atoms with Crippen LogP contribution in [0.2, 0.25) is 0 Å². The van der Waals surface area contributed by atoms with E-state index in [2.05, 4.69) is 10.3 Å². The highest BCUT2D eigenvalue weighted by Gasteiger charge is 2.30. The molecule has 0 saturated heterocycles. The molecule has 3 aromatic rings. The summed E-state index contributed by atoms with van der Waals surface area (Å²) in [5.74, 6) is 3.91. The Morgan fingerprint density at radius 3 is 2.69 bits per heavy atom. The van der Waals surface area contributed by atoms with Crippen molar-refractivity contribution in [1.29, 1.82) is 0 Å². The van der Waals surface area contributed by atoms with Crippen molar-refractivity contribution in [3.05, 3.63) is 29.8 Å². The first-order valence-corrected chi connectivity index (χ1v) is 9.33. The van der Waals surface area contributed by atoms with Gasteiger partial charge in [0.15, 0.2) is 17.2 Å². The fourth-order valence-electron chi connectivity index (χ4n) is 3.62. The zero-order valence-corrected chi connectivity index (χ0v) is 14.7. The van der Waals surface area contributed by atoms with Crippen molar-refractivity contribution in [2.24, 2.45) is 5.92 Å². The van der Waals surface area contributed by atoms with E-state index in [0.717, 1.165) is 37.3 Å². The molecule has 7 heteroatoms. The molecule has 0 radical (unpaired) electrons. The summed E-state index contributed by atoms with van der Waals surface area (Å²) in [6.45, 7) is 1.89. The first-order chi connectivity index (χ1) is 12.7. The number of anilines is 1. The van der Waals surface area contributed by atoms with E-state index >= 15 is 0 Å². The van der Waals surface area contributed by atoms with Gasteiger partial charge in [0.25, 0.3) is 0 Å². The topological polar surface area (TPSA) is 85.3 Å². The van der Waals surface area contributed by atoms with Crippen LogP contribution in [0.25, 0.3) is 17.2 Å². The standard InChI is InChI=1S/C19H21N5O2/c1-11-6-9-14(26-11)18-20-15(21-19(25)13-7-8-13)10-16-22-17(23-24(16)18)12-4-2-3-5-12/h6,9-10,12-13H,2-5,7-8H2,1H3,(H,21,25). The average molecular weight is 351 g/mol. The van der Waals surface area contributed by atoms with Gasteiger partial charge < -0.3 is 9.73 Å². The molecule has 2 fully saturated rings. The smallest absolute Gasteiger partial charge is 0.228 e. The lowest BCUT2D eigenvalue weighted by Gasteiger charge is -2.06. The molecule has 0 aromatic carbocycles. The van der Waals surface area contributed by atoms with Crippen LogP contribution in [0.15, 0.2) is 22.6 Å². The molecule has 5 rings (SSSR count). The number of rotatable bonds is 4. The van der Waals surface area contributed by atoms with Crippen molar-refractivity contribution < 1.29 is 9.21 Å². The van der Waals surface area contributed by atoms with Gasteiger partial charge in [-0.3, -0.25) is 4.79 Å². The zero-order valence-electron chi connectivity index (χ0n) is 14.7. The Bertz CT molecular complexity index is 979. The highest BCUT2D eigenvalue weighted by molar-refractivity contribution is 5.93. The fourth-order valence-corrected chi connectivity index (χ4v) is 3.62. The van der Waals surface area contributed by atoms with Crippen LogP contribution < -0.4 is 5.32 Å². The van der Waals surface area contributed by atoms with Gasteiger partial charge in [-0.25, -0.2) is 9.97 Å². The largest absolute Gasteiger partial charge is 0.458 e. The van der Waals surface area contributed by atoms with E-state index in [-0.39, 0.29) is 11.8 Å². The zero-order chi connectivity index (χ0) is 17.7. The number of carbonyl (C=O) groups excluding carboxylic acids is 1. The molecule has 3 aromatic heterocycles. The summed E-state index contributed by atoms with van der Waals surface area (Å²) in [6, 6.07) is 5.57. The molecule has 26 heavy (non-hydrogen) atoms. The number of furan rings is 1. The van der Waals surface area contributed by atoms with E-state index in [1.807, 2.05) is 19.1 Å². The van der Waals surface area contributed by atoms with E-state index < -0.39 is 0 Å². The minimum atomic E-state index is 0.0268. The summed E-state index contributed by atoms with van der Waals surface area (Å²) in [5, 5.41) is 7.64. The molecule has 0 unspecified atom stereocenters. The highest BCUT2D eigenvalue weighted by Crippen LogP contribution is 2.34. The molecule has 1 amide bonds. The van der Waals surface area contributed by atoms with Gasteiger partial charge in [0.05, 0.1) is 0 Å². The van der Waals surface area contributed by atoms with Gasteiger partial charge in [0, 0.05) is 17.9 Å². The van der Waals surface area contributed by atoms with Crippen molar-refractivity contribution in [2.75, 3.05) is 5.32 Å². The van der Waals surface area contributed by atoms with Crippen LogP contribution >= 0.6 is 0 Å². The minimum absolute atomic E-state index is 0.0268. The van der Waals surface area contributed by atoms with E-state index in [1.165, 1.54) is 12.8 Å². The third-order valence-corrected chi connectivity index (χ3v) is 5.22. The van der Waals surface area contributed by atoms with Gasteiger partial charge in [-0.1, -0.05) is 12.8 Å². The molecule has 134 valence electrons. The molecule has 2 aliphatic rings. The van der Waals surface area contributed by atoms with Gasteiger partial charge in [-0.15, -0.1) is 5.10 Å². The summed E-state index contributed by atoms with van der Waals surface area (Å²) >= 11 is 0. The second-order valence-electron chi connectivity index (χ2n) is 7.36. The molecule has 2 aliphatic carbocycles. The normalized spacial score (nSPS) is 17.9. The molecule has 1 N–H and O–H groups in total. The molecule has 0 spiro atoms. The Morgan fingerprint density at radius 2 is 2.00 bits per heavy atom. The number of aryl methyl sites for hydroxylation is 1. The molecular weight excluding hydrogens is 330 g/mol. The number of amides is 1. The Morgan fingerprint density at radius 1 is 1.19 bits per heavy atom. The Kier molecular flexibility index (Phi) is 3.55. The molecule has 2 saturated carbocycles. The quantitative estimate of drug-likeness (QED) is 0.774. The van der Waals surface area contributed by atoms with E-state index in [1.54, 1.807) is 10.6 Å². The lowest BCUT2D eigenvalue weighted by atomic mass is 10.1. The van der Waals surface area contributed by atoms with Crippen LogP contribution in [-0.2, 0) is 4.79 Å². The molecule has 0 aliphatic heterocycles. The number of aromatic nitrogens is 4. The fraction of sp³-hybridized carbons (Fsp3) is 0.474. The van der Waals surface area contributed by atoms with Gasteiger partial charge in [0.2, 0.25) is 11.7 Å². The molecule has 0 atom stereocenters. The molecule has 3 heterocycles. The Hall–Kier alpha value is -2.70. The number of hydrogen-bond acceptors (Lipinski definition) is 5. The first-order valence-electron chi connectivity index (χ1n) is 9.33. The van der Waals surface area contributed by atoms with Gasteiger partial charge in [-0.05, 0) is 44.7 Å². The van der Waals surface area contributed by atoms with Gasteiger partial charge in [0.1, 0.15) is 11.6 Å². The van der Waals surface area contributed by atoms with E-state index in [0.29, 0.717) is 29.0 Å².